The molecule has 120 valence electrons. The van der Waals surface area contributed by atoms with Gasteiger partial charge in [-0.25, -0.2) is 0 Å². The van der Waals surface area contributed by atoms with Gasteiger partial charge in [-0.15, -0.1) is 0 Å². The fourth-order valence-electron chi connectivity index (χ4n) is 4.36. The molecule has 0 aromatic heterocycles. The van der Waals surface area contributed by atoms with E-state index in [-0.39, 0.29) is 17.9 Å². The van der Waals surface area contributed by atoms with Crippen molar-refractivity contribution in [2.24, 2.45) is 11.8 Å². The third kappa shape index (κ3) is 2.49. The lowest BCUT2D eigenvalue weighted by Crippen LogP contribution is -2.53. The molecular formula is C14H24N2O4S. The molecule has 2 heterocycles. The van der Waals surface area contributed by atoms with Gasteiger partial charge in [-0.2, -0.15) is 17.0 Å². The van der Waals surface area contributed by atoms with Gasteiger partial charge in [0.15, 0.2) is 0 Å². The third-order valence-electron chi connectivity index (χ3n) is 5.44. The van der Waals surface area contributed by atoms with Crippen LogP contribution < -0.4 is 0 Å². The van der Waals surface area contributed by atoms with Crippen molar-refractivity contribution in [1.82, 2.24) is 8.61 Å². The van der Waals surface area contributed by atoms with Crippen LogP contribution in [0.1, 0.15) is 45.4 Å². The van der Waals surface area contributed by atoms with Crippen molar-refractivity contribution in [3.8, 4) is 0 Å². The summed E-state index contributed by atoms with van der Waals surface area (Å²) in [5.41, 5.74) is 0. The second-order valence-corrected chi connectivity index (χ2v) is 8.50. The second kappa shape index (κ2) is 5.52. The summed E-state index contributed by atoms with van der Waals surface area (Å²) in [6, 6.07) is -0.893. The average molecular weight is 316 g/mol. The standard InChI is InChI=1S/C14H24N2O4S/c1-10-5-2-3-8-15(10)21(19,20)16-9-11-6-4-7-12(11)13(16)14(17)18/h10-13H,2-9H2,1H3,(H,17,18). The van der Waals surface area contributed by atoms with Crippen molar-refractivity contribution in [2.45, 2.75) is 57.5 Å². The van der Waals surface area contributed by atoms with Crippen LogP contribution in [0.15, 0.2) is 0 Å². The van der Waals surface area contributed by atoms with Crippen molar-refractivity contribution in [3.63, 3.8) is 0 Å². The predicted octanol–water partition coefficient (Wildman–Crippen LogP) is 1.29. The Labute approximate surface area is 126 Å². The fraction of sp³-hybridized carbons (Fsp3) is 0.929. The van der Waals surface area contributed by atoms with Gasteiger partial charge in [0.05, 0.1) is 0 Å². The molecule has 0 aromatic carbocycles. The van der Waals surface area contributed by atoms with Crippen molar-refractivity contribution in [2.75, 3.05) is 13.1 Å². The molecule has 2 saturated heterocycles. The van der Waals surface area contributed by atoms with E-state index in [1.54, 1.807) is 0 Å². The quantitative estimate of drug-likeness (QED) is 0.851. The molecule has 3 aliphatic rings. The van der Waals surface area contributed by atoms with Crippen molar-refractivity contribution < 1.29 is 18.3 Å². The Morgan fingerprint density at radius 3 is 2.52 bits per heavy atom. The zero-order valence-electron chi connectivity index (χ0n) is 12.4. The summed E-state index contributed by atoms with van der Waals surface area (Å²) in [5.74, 6) is -0.768. The number of piperidine rings is 1. The lowest BCUT2D eigenvalue weighted by molar-refractivity contribution is -0.142. The van der Waals surface area contributed by atoms with E-state index in [0.29, 0.717) is 13.1 Å². The lowest BCUT2D eigenvalue weighted by Gasteiger charge is -2.36. The Hall–Kier alpha value is -0.660. The number of nitrogens with zero attached hydrogens (tertiary/aromatic N) is 2. The van der Waals surface area contributed by atoms with E-state index in [1.165, 1.54) is 8.61 Å². The molecule has 0 spiro atoms. The predicted molar refractivity (Wildman–Crippen MR) is 77.9 cm³/mol. The number of hydrogen-bond acceptors (Lipinski definition) is 3. The molecule has 0 bridgehead atoms. The summed E-state index contributed by atoms with van der Waals surface area (Å²) in [5, 5.41) is 9.53. The zero-order valence-corrected chi connectivity index (χ0v) is 13.3. The van der Waals surface area contributed by atoms with Gasteiger partial charge in [-0.3, -0.25) is 4.79 Å². The first-order valence-corrected chi connectivity index (χ1v) is 9.34. The first kappa shape index (κ1) is 15.2. The summed E-state index contributed by atoms with van der Waals surface area (Å²) >= 11 is 0. The SMILES string of the molecule is CC1CCCCN1S(=O)(=O)N1CC2CCCC2C1C(=O)O. The van der Waals surface area contributed by atoms with Gasteiger partial charge in [0.25, 0.3) is 10.2 Å². The Balaban J connectivity index is 1.89. The molecule has 1 aliphatic carbocycles. The maximum absolute atomic E-state index is 12.9. The maximum atomic E-state index is 12.9. The minimum absolute atomic E-state index is 0.00243. The Morgan fingerprint density at radius 2 is 1.86 bits per heavy atom. The van der Waals surface area contributed by atoms with Crippen molar-refractivity contribution in [3.05, 3.63) is 0 Å². The van der Waals surface area contributed by atoms with Gasteiger partial charge in [0, 0.05) is 19.1 Å². The average Bonchev–Trinajstić information content (AvgIpc) is 2.98. The third-order valence-corrected chi connectivity index (χ3v) is 7.54. The van der Waals surface area contributed by atoms with Crippen LogP contribution in [0, 0.1) is 11.8 Å². The summed E-state index contributed by atoms with van der Waals surface area (Å²) in [6.07, 6.45) is 5.58. The highest BCUT2D eigenvalue weighted by Gasteiger charge is 2.53. The molecule has 0 aromatic rings. The van der Waals surface area contributed by atoms with Gasteiger partial charge in [0.2, 0.25) is 0 Å². The van der Waals surface area contributed by atoms with E-state index < -0.39 is 22.2 Å². The van der Waals surface area contributed by atoms with Crippen LogP contribution in [0.4, 0.5) is 0 Å². The lowest BCUT2D eigenvalue weighted by atomic mass is 9.94. The minimum Gasteiger partial charge on any atom is -0.480 e. The molecule has 21 heavy (non-hydrogen) atoms. The van der Waals surface area contributed by atoms with Gasteiger partial charge < -0.3 is 5.11 Å². The Morgan fingerprint density at radius 1 is 1.10 bits per heavy atom. The number of carbonyl (C=O) groups is 1. The highest BCUT2D eigenvalue weighted by atomic mass is 32.2. The van der Waals surface area contributed by atoms with Gasteiger partial charge in [-0.1, -0.05) is 12.8 Å². The molecule has 4 atom stereocenters. The maximum Gasteiger partial charge on any atom is 0.322 e. The highest BCUT2D eigenvalue weighted by Crippen LogP contribution is 2.44. The van der Waals surface area contributed by atoms with E-state index >= 15 is 0 Å². The summed E-state index contributed by atoms with van der Waals surface area (Å²) in [7, 11) is -3.66. The molecule has 1 saturated carbocycles. The molecule has 0 amide bonds. The van der Waals surface area contributed by atoms with Crippen molar-refractivity contribution >= 4 is 16.2 Å². The van der Waals surface area contributed by atoms with E-state index in [2.05, 4.69) is 0 Å². The topological polar surface area (TPSA) is 77.9 Å². The molecular weight excluding hydrogens is 292 g/mol. The van der Waals surface area contributed by atoms with Gasteiger partial charge in [-0.05, 0) is 44.4 Å². The number of fused-ring (bicyclic) bond motifs is 1. The molecule has 1 N–H and O–H groups in total. The van der Waals surface area contributed by atoms with E-state index in [4.69, 9.17) is 0 Å². The van der Waals surface area contributed by atoms with E-state index in [0.717, 1.165) is 38.5 Å². The smallest absolute Gasteiger partial charge is 0.322 e. The summed E-state index contributed by atoms with van der Waals surface area (Å²) in [4.78, 5) is 11.6. The van der Waals surface area contributed by atoms with Gasteiger partial charge >= 0.3 is 5.97 Å². The zero-order chi connectivity index (χ0) is 15.2. The van der Waals surface area contributed by atoms with Gasteiger partial charge in [0.1, 0.15) is 6.04 Å². The number of rotatable bonds is 3. The summed E-state index contributed by atoms with van der Waals surface area (Å²) < 4.78 is 28.7. The molecule has 0 radical (unpaired) electrons. The fourth-order valence-corrected chi connectivity index (χ4v) is 6.46. The Kier molecular flexibility index (Phi) is 4.00. The van der Waals surface area contributed by atoms with Crippen LogP contribution >= 0.6 is 0 Å². The van der Waals surface area contributed by atoms with Crippen LogP contribution in [0.5, 0.6) is 0 Å². The Bertz CT molecular complexity index is 521. The number of aliphatic carboxylic acids is 1. The molecule has 4 unspecified atom stereocenters. The van der Waals surface area contributed by atoms with Crippen LogP contribution in [0.25, 0.3) is 0 Å². The molecule has 3 rings (SSSR count). The molecule has 7 heteroatoms. The van der Waals surface area contributed by atoms with Crippen molar-refractivity contribution in [1.29, 1.82) is 0 Å². The number of hydrogen-bond donors (Lipinski definition) is 1. The van der Waals surface area contributed by atoms with Crippen LogP contribution in [0.2, 0.25) is 0 Å². The highest BCUT2D eigenvalue weighted by molar-refractivity contribution is 7.86. The molecule has 3 fully saturated rings. The molecule has 2 aliphatic heterocycles. The first-order chi connectivity index (χ1) is 9.93. The second-order valence-electron chi connectivity index (χ2n) is 6.67. The number of carboxylic acids is 1. The largest absolute Gasteiger partial charge is 0.480 e. The normalized spacial score (nSPS) is 38.5. The van der Waals surface area contributed by atoms with E-state index in [1.807, 2.05) is 6.92 Å². The monoisotopic (exact) mass is 316 g/mol. The van der Waals surface area contributed by atoms with E-state index in [9.17, 15) is 18.3 Å². The minimum atomic E-state index is -3.66. The van der Waals surface area contributed by atoms with Crippen LogP contribution in [0.3, 0.4) is 0 Å². The van der Waals surface area contributed by atoms with Crippen LogP contribution in [-0.4, -0.2) is 53.3 Å². The summed E-state index contributed by atoms with van der Waals surface area (Å²) in [6.45, 7) is 2.82. The van der Waals surface area contributed by atoms with Crippen LogP contribution in [-0.2, 0) is 15.0 Å². The number of carboxylic acid groups (broad SMARTS) is 1. The molecule has 6 nitrogen and oxygen atoms in total. The first-order valence-electron chi connectivity index (χ1n) is 7.94.